The average Bonchev–Trinajstić information content (AvgIpc) is 1.94. The van der Waals surface area contributed by atoms with Gasteiger partial charge in [0, 0.05) is 0 Å². The van der Waals surface area contributed by atoms with E-state index in [9.17, 15) is 5.21 Å². The topological polar surface area (TPSA) is 48.8 Å². The minimum absolute atomic E-state index is 0.183. The normalized spacial score (nSPS) is 36.3. The van der Waals surface area contributed by atoms with Crippen LogP contribution in [0.15, 0.2) is 0 Å². The molecule has 4 heteroatoms. The molecule has 0 aliphatic carbocycles. The van der Waals surface area contributed by atoms with E-state index in [4.69, 9.17) is 4.94 Å². The molecular weight excluding hydrogens is 132 g/mol. The van der Waals surface area contributed by atoms with E-state index < -0.39 is 5.54 Å². The number of hydrogen-bond donors (Lipinski definition) is 2. The van der Waals surface area contributed by atoms with Gasteiger partial charge in [-0.1, -0.05) is 0 Å². The van der Waals surface area contributed by atoms with Crippen molar-refractivity contribution in [3.05, 3.63) is 5.21 Å². The fraction of sp³-hybridized carbons (Fsp3) is 1.00. The molecule has 1 aliphatic heterocycles. The first kappa shape index (κ1) is 7.94. The standard InChI is InChI=1S/C6H14N2O2/c1-5(2)6(3,4)8(9)10-7-5/h7-8H,1-4H3. The Morgan fingerprint density at radius 3 is 1.90 bits per heavy atom. The lowest BCUT2D eigenvalue weighted by Gasteiger charge is -2.33. The molecule has 0 radical (unpaired) electrons. The van der Waals surface area contributed by atoms with Crippen molar-refractivity contribution in [3.63, 3.8) is 0 Å². The van der Waals surface area contributed by atoms with Crippen LogP contribution in [0.5, 0.6) is 0 Å². The van der Waals surface area contributed by atoms with Crippen LogP contribution in [0.3, 0.4) is 0 Å². The van der Waals surface area contributed by atoms with Gasteiger partial charge in [-0.3, -0.25) is 0 Å². The molecule has 60 valence electrons. The Kier molecular flexibility index (Phi) is 1.52. The van der Waals surface area contributed by atoms with Gasteiger partial charge >= 0.3 is 0 Å². The third kappa shape index (κ3) is 0.845. The molecular formula is C6H14N2O2. The molecule has 0 aromatic carbocycles. The van der Waals surface area contributed by atoms with E-state index in [2.05, 4.69) is 5.48 Å². The van der Waals surface area contributed by atoms with Gasteiger partial charge in [0.1, 0.15) is 11.1 Å². The summed E-state index contributed by atoms with van der Waals surface area (Å²) in [6.07, 6.45) is 0. The Balaban J connectivity index is 2.84. The summed E-state index contributed by atoms with van der Waals surface area (Å²) in [5.41, 5.74) is 2.00. The second-order valence-corrected chi connectivity index (χ2v) is 3.74. The maximum absolute atomic E-state index is 11.0. The van der Waals surface area contributed by atoms with Crippen LogP contribution >= 0.6 is 0 Å². The number of hydrogen-bond acceptors (Lipinski definition) is 3. The summed E-state index contributed by atoms with van der Waals surface area (Å²) in [5.74, 6) is 0. The highest BCUT2D eigenvalue weighted by atomic mass is 17.0. The average molecular weight is 146 g/mol. The third-order valence-electron chi connectivity index (χ3n) is 2.47. The molecule has 1 rings (SSSR count). The number of rotatable bonds is 0. The van der Waals surface area contributed by atoms with Crippen LogP contribution in [0.4, 0.5) is 0 Å². The number of hydroxylamine groups is 3. The molecule has 1 heterocycles. The first-order valence-electron chi connectivity index (χ1n) is 3.36. The van der Waals surface area contributed by atoms with Crippen LogP contribution in [-0.4, -0.2) is 11.1 Å². The summed E-state index contributed by atoms with van der Waals surface area (Å²) in [5, 5.41) is 10.8. The van der Waals surface area contributed by atoms with Crippen molar-refractivity contribution >= 4 is 0 Å². The number of quaternary nitrogens is 1. The second-order valence-electron chi connectivity index (χ2n) is 3.74. The van der Waals surface area contributed by atoms with Crippen LogP contribution in [0, 0.1) is 5.21 Å². The third-order valence-corrected chi connectivity index (χ3v) is 2.47. The van der Waals surface area contributed by atoms with Crippen molar-refractivity contribution < 1.29 is 10.2 Å². The lowest BCUT2D eigenvalue weighted by molar-refractivity contribution is -1.08. The maximum Gasteiger partial charge on any atom is 0.143 e. The van der Waals surface area contributed by atoms with Gasteiger partial charge in [-0.15, -0.1) is 10.4 Å². The highest BCUT2D eigenvalue weighted by Gasteiger charge is 2.50. The minimum Gasteiger partial charge on any atom is -0.598 e. The molecule has 1 saturated heterocycles. The van der Waals surface area contributed by atoms with Crippen molar-refractivity contribution in [2.45, 2.75) is 38.8 Å². The smallest absolute Gasteiger partial charge is 0.143 e. The Hall–Kier alpha value is -0.160. The highest BCUT2D eigenvalue weighted by molar-refractivity contribution is 4.92. The van der Waals surface area contributed by atoms with Gasteiger partial charge in [-0.05, 0) is 27.7 Å². The summed E-state index contributed by atoms with van der Waals surface area (Å²) in [6, 6.07) is 0. The van der Waals surface area contributed by atoms with E-state index in [1.165, 1.54) is 0 Å². The molecule has 0 aromatic rings. The van der Waals surface area contributed by atoms with Gasteiger partial charge in [0.25, 0.3) is 0 Å². The van der Waals surface area contributed by atoms with Crippen LogP contribution in [0.1, 0.15) is 27.7 Å². The molecule has 1 aliphatic rings. The molecule has 0 spiro atoms. The summed E-state index contributed by atoms with van der Waals surface area (Å²) >= 11 is 0. The van der Waals surface area contributed by atoms with Crippen LogP contribution in [0.25, 0.3) is 0 Å². The van der Waals surface area contributed by atoms with Crippen molar-refractivity contribution in [2.24, 2.45) is 0 Å². The molecule has 10 heavy (non-hydrogen) atoms. The van der Waals surface area contributed by atoms with Crippen molar-refractivity contribution in [2.75, 3.05) is 0 Å². The summed E-state index contributed by atoms with van der Waals surface area (Å²) in [6.45, 7) is 7.63. The molecule has 0 amide bonds. The van der Waals surface area contributed by atoms with Gasteiger partial charge in [-0.2, -0.15) is 5.23 Å². The van der Waals surface area contributed by atoms with Crippen molar-refractivity contribution in [3.8, 4) is 0 Å². The lowest BCUT2D eigenvalue weighted by atomic mass is 9.84. The molecule has 0 aromatic heterocycles. The quantitative estimate of drug-likeness (QED) is 0.448. The van der Waals surface area contributed by atoms with Gasteiger partial charge in [-0.25, -0.2) is 0 Å². The first-order valence-corrected chi connectivity index (χ1v) is 3.36. The van der Waals surface area contributed by atoms with E-state index in [1.807, 2.05) is 27.7 Å². The van der Waals surface area contributed by atoms with E-state index in [0.717, 1.165) is 0 Å². The van der Waals surface area contributed by atoms with Gasteiger partial charge in [0.05, 0.1) is 0 Å². The predicted molar refractivity (Wildman–Crippen MR) is 36.7 cm³/mol. The Morgan fingerprint density at radius 1 is 1.30 bits per heavy atom. The van der Waals surface area contributed by atoms with Crippen molar-refractivity contribution in [1.82, 2.24) is 5.48 Å². The molecule has 1 fully saturated rings. The van der Waals surface area contributed by atoms with Crippen LogP contribution < -0.4 is 10.7 Å². The van der Waals surface area contributed by atoms with E-state index in [-0.39, 0.29) is 10.8 Å². The molecule has 4 nitrogen and oxygen atoms in total. The second kappa shape index (κ2) is 1.92. The largest absolute Gasteiger partial charge is 0.598 e. The Labute approximate surface area is 60.6 Å². The zero-order valence-electron chi connectivity index (χ0n) is 6.82. The minimum atomic E-state index is -0.424. The summed E-state index contributed by atoms with van der Waals surface area (Å²) in [4.78, 5) is 4.69. The van der Waals surface area contributed by atoms with Gasteiger partial charge in [0.2, 0.25) is 0 Å². The van der Waals surface area contributed by atoms with E-state index in [0.29, 0.717) is 0 Å². The molecule has 1 unspecified atom stereocenters. The monoisotopic (exact) mass is 146 g/mol. The molecule has 1 atom stereocenters. The van der Waals surface area contributed by atoms with E-state index in [1.54, 1.807) is 0 Å². The zero-order valence-corrected chi connectivity index (χ0v) is 6.82. The Morgan fingerprint density at radius 2 is 1.80 bits per heavy atom. The van der Waals surface area contributed by atoms with Crippen LogP contribution in [0.2, 0.25) is 0 Å². The van der Waals surface area contributed by atoms with Crippen molar-refractivity contribution in [1.29, 1.82) is 0 Å². The van der Waals surface area contributed by atoms with Crippen LogP contribution in [-0.2, 0) is 4.94 Å². The first-order chi connectivity index (χ1) is 4.38. The zero-order chi connectivity index (χ0) is 7.99. The molecule has 0 saturated carbocycles. The maximum atomic E-state index is 11.0. The lowest BCUT2D eigenvalue weighted by Crippen LogP contribution is -3.13. The molecule has 2 N–H and O–H groups in total. The fourth-order valence-corrected chi connectivity index (χ4v) is 0.684. The summed E-state index contributed by atoms with van der Waals surface area (Å²) < 4.78 is 0. The van der Waals surface area contributed by atoms with Gasteiger partial charge < -0.3 is 5.21 Å². The highest BCUT2D eigenvalue weighted by Crippen LogP contribution is 2.20. The summed E-state index contributed by atoms with van der Waals surface area (Å²) in [7, 11) is 0. The number of nitrogens with one attached hydrogen (secondary N) is 2. The van der Waals surface area contributed by atoms with Gasteiger partial charge in [0.15, 0.2) is 0 Å². The SMILES string of the molecule is CC1(C)NO[NH+]([O-])C1(C)C. The predicted octanol–water partition coefficient (Wildman–Crippen LogP) is -0.624. The Bertz CT molecular complexity index is 145. The molecule has 0 bridgehead atoms. The fourth-order valence-electron chi connectivity index (χ4n) is 0.684. The van der Waals surface area contributed by atoms with E-state index >= 15 is 0 Å².